The molecule has 0 aliphatic carbocycles. The minimum absolute atomic E-state index is 0.164. The first-order valence-corrected chi connectivity index (χ1v) is 6.82. The zero-order valence-corrected chi connectivity index (χ0v) is 11.3. The lowest BCUT2D eigenvalue weighted by Gasteiger charge is -2.22. The van der Waals surface area contributed by atoms with Gasteiger partial charge >= 0.3 is 0 Å². The van der Waals surface area contributed by atoms with Crippen LogP contribution in [0.3, 0.4) is 0 Å². The van der Waals surface area contributed by atoms with Crippen molar-refractivity contribution in [1.82, 2.24) is 5.32 Å². The molecule has 0 spiro atoms. The van der Waals surface area contributed by atoms with E-state index in [9.17, 15) is 4.79 Å². The van der Waals surface area contributed by atoms with Crippen LogP contribution in [0.4, 0.5) is 5.69 Å². The monoisotopic (exact) mass is 246 g/mol. The second-order valence-electron chi connectivity index (χ2n) is 5.01. The molecule has 1 aliphatic rings. The third-order valence-corrected chi connectivity index (χ3v) is 3.71. The maximum Gasteiger partial charge on any atom is 0.227 e. The lowest BCUT2D eigenvalue weighted by molar-refractivity contribution is -0.120. The van der Waals surface area contributed by atoms with Crippen molar-refractivity contribution in [1.29, 1.82) is 0 Å². The highest BCUT2D eigenvalue weighted by molar-refractivity contribution is 5.92. The van der Waals surface area contributed by atoms with Crippen LogP contribution in [0.15, 0.2) is 18.2 Å². The summed E-state index contributed by atoms with van der Waals surface area (Å²) in [5.74, 6) is 0.333. The second-order valence-corrected chi connectivity index (χ2v) is 5.01. The minimum Gasteiger partial charge on any atom is -0.326 e. The van der Waals surface area contributed by atoms with Gasteiger partial charge in [0.1, 0.15) is 0 Å². The fourth-order valence-electron chi connectivity index (χ4n) is 2.46. The maximum atomic E-state index is 12.1. The molecule has 0 atom stereocenters. The first-order chi connectivity index (χ1) is 8.70. The highest BCUT2D eigenvalue weighted by atomic mass is 16.1. The molecule has 1 aromatic carbocycles. The molecular weight excluding hydrogens is 224 g/mol. The Bertz CT molecular complexity index is 423. The largest absolute Gasteiger partial charge is 0.326 e. The van der Waals surface area contributed by atoms with E-state index in [1.165, 1.54) is 11.1 Å². The molecule has 1 heterocycles. The van der Waals surface area contributed by atoms with Gasteiger partial charge in [-0.1, -0.05) is 13.0 Å². The average Bonchev–Trinajstić information content (AvgIpc) is 2.42. The molecule has 1 amide bonds. The molecule has 3 heteroatoms. The number of anilines is 1. The Balaban J connectivity index is 2.02. The van der Waals surface area contributed by atoms with Gasteiger partial charge in [-0.2, -0.15) is 0 Å². The smallest absolute Gasteiger partial charge is 0.227 e. The van der Waals surface area contributed by atoms with Gasteiger partial charge in [-0.15, -0.1) is 0 Å². The van der Waals surface area contributed by atoms with Gasteiger partial charge in [-0.3, -0.25) is 4.79 Å². The zero-order valence-electron chi connectivity index (χ0n) is 11.3. The molecule has 0 bridgehead atoms. The molecule has 2 rings (SSSR count). The van der Waals surface area contributed by atoms with Crippen molar-refractivity contribution in [3.8, 4) is 0 Å². The predicted octanol–water partition coefficient (Wildman–Crippen LogP) is 2.50. The first-order valence-electron chi connectivity index (χ1n) is 6.82. The van der Waals surface area contributed by atoms with Gasteiger partial charge < -0.3 is 10.6 Å². The van der Waals surface area contributed by atoms with Crippen LogP contribution >= 0.6 is 0 Å². The number of piperidine rings is 1. The number of benzene rings is 1. The number of hydrogen-bond acceptors (Lipinski definition) is 2. The Hall–Kier alpha value is -1.35. The lowest BCUT2D eigenvalue weighted by atomic mass is 9.97. The molecular formula is C15H22N2O. The number of hydrogen-bond donors (Lipinski definition) is 2. The highest BCUT2D eigenvalue weighted by Crippen LogP contribution is 2.19. The van der Waals surface area contributed by atoms with Gasteiger partial charge in [0.15, 0.2) is 0 Å². The van der Waals surface area contributed by atoms with Crippen LogP contribution in [0.5, 0.6) is 0 Å². The summed E-state index contributed by atoms with van der Waals surface area (Å²) in [7, 11) is 0. The van der Waals surface area contributed by atoms with E-state index in [-0.39, 0.29) is 11.8 Å². The van der Waals surface area contributed by atoms with Gasteiger partial charge in [0, 0.05) is 11.6 Å². The number of carbonyl (C=O) groups is 1. The molecule has 0 radical (unpaired) electrons. The number of nitrogens with one attached hydrogen (secondary N) is 2. The topological polar surface area (TPSA) is 41.1 Å². The first kappa shape index (κ1) is 13.1. The Morgan fingerprint density at radius 2 is 2.11 bits per heavy atom. The van der Waals surface area contributed by atoms with Crippen LogP contribution in [0.2, 0.25) is 0 Å². The lowest BCUT2D eigenvalue weighted by Crippen LogP contribution is -2.34. The number of amides is 1. The van der Waals surface area contributed by atoms with Gasteiger partial charge in [0.2, 0.25) is 5.91 Å². The molecule has 0 unspecified atom stereocenters. The molecule has 2 N–H and O–H groups in total. The Kier molecular flexibility index (Phi) is 4.37. The summed E-state index contributed by atoms with van der Waals surface area (Å²) in [6.45, 7) is 6.15. The number of rotatable bonds is 3. The van der Waals surface area contributed by atoms with Crippen LogP contribution in [0.25, 0.3) is 0 Å². The summed E-state index contributed by atoms with van der Waals surface area (Å²) in [5, 5.41) is 6.33. The van der Waals surface area contributed by atoms with E-state index in [1.54, 1.807) is 0 Å². The van der Waals surface area contributed by atoms with Crippen LogP contribution in [0, 0.1) is 12.8 Å². The molecule has 1 aromatic rings. The van der Waals surface area contributed by atoms with Crippen LogP contribution in [0.1, 0.15) is 30.9 Å². The van der Waals surface area contributed by atoms with E-state index in [0.29, 0.717) is 0 Å². The van der Waals surface area contributed by atoms with Crippen molar-refractivity contribution in [3.63, 3.8) is 0 Å². The van der Waals surface area contributed by atoms with Gasteiger partial charge in [0.25, 0.3) is 0 Å². The average molecular weight is 246 g/mol. The van der Waals surface area contributed by atoms with Crippen molar-refractivity contribution < 1.29 is 4.79 Å². The summed E-state index contributed by atoms with van der Waals surface area (Å²) in [5.41, 5.74) is 3.52. The summed E-state index contributed by atoms with van der Waals surface area (Å²) in [6, 6.07) is 6.17. The van der Waals surface area contributed by atoms with Crippen molar-refractivity contribution in [2.24, 2.45) is 5.92 Å². The third-order valence-electron chi connectivity index (χ3n) is 3.71. The molecule has 3 nitrogen and oxygen atoms in total. The zero-order chi connectivity index (χ0) is 13.0. The summed E-state index contributed by atoms with van der Waals surface area (Å²) >= 11 is 0. The SMILES string of the molecule is CCc1cc(NC(=O)C2CCNCC2)ccc1C. The summed E-state index contributed by atoms with van der Waals surface area (Å²) in [6.07, 6.45) is 2.89. The minimum atomic E-state index is 0.164. The van der Waals surface area contributed by atoms with E-state index in [2.05, 4.69) is 36.6 Å². The molecule has 0 saturated carbocycles. The van der Waals surface area contributed by atoms with Crippen molar-refractivity contribution in [2.45, 2.75) is 33.1 Å². The van der Waals surface area contributed by atoms with E-state index in [1.807, 2.05) is 6.07 Å². The summed E-state index contributed by atoms with van der Waals surface area (Å²) in [4.78, 5) is 12.1. The van der Waals surface area contributed by atoms with Gasteiger partial charge in [-0.05, 0) is 62.5 Å². The van der Waals surface area contributed by atoms with Crippen molar-refractivity contribution >= 4 is 11.6 Å². The standard InChI is InChI=1S/C15H22N2O/c1-3-12-10-14(5-4-11(12)2)17-15(18)13-6-8-16-9-7-13/h4-5,10,13,16H,3,6-9H2,1-2H3,(H,17,18). The summed E-state index contributed by atoms with van der Waals surface area (Å²) < 4.78 is 0. The van der Waals surface area contributed by atoms with E-state index in [0.717, 1.165) is 38.0 Å². The Morgan fingerprint density at radius 1 is 1.39 bits per heavy atom. The van der Waals surface area contributed by atoms with Crippen LogP contribution in [-0.2, 0) is 11.2 Å². The fourth-order valence-corrected chi connectivity index (χ4v) is 2.46. The van der Waals surface area contributed by atoms with E-state index < -0.39 is 0 Å². The predicted molar refractivity (Wildman–Crippen MR) is 74.8 cm³/mol. The van der Waals surface area contributed by atoms with Crippen molar-refractivity contribution in [2.75, 3.05) is 18.4 Å². The van der Waals surface area contributed by atoms with Crippen LogP contribution in [-0.4, -0.2) is 19.0 Å². The number of carbonyl (C=O) groups excluding carboxylic acids is 1. The second kappa shape index (κ2) is 6.01. The molecule has 1 saturated heterocycles. The maximum absolute atomic E-state index is 12.1. The number of aryl methyl sites for hydroxylation is 2. The third kappa shape index (κ3) is 3.10. The molecule has 18 heavy (non-hydrogen) atoms. The molecule has 98 valence electrons. The van der Waals surface area contributed by atoms with Gasteiger partial charge in [0.05, 0.1) is 0 Å². The molecule has 1 aliphatic heterocycles. The molecule has 1 fully saturated rings. The molecule has 0 aromatic heterocycles. The normalized spacial score (nSPS) is 16.6. The Labute approximate surface area is 109 Å². The highest BCUT2D eigenvalue weighted by Gasteiger charge is 2.20. The van der Waals surface area contributed by atoms with Crippen molar-refractivity contribution in [3.05, 3.63) is 29.3 Å². The van der Waals surface area contributed by atoms with E-state index in [4.69, 9.17) is 0 Å². The van der Waals surface area contributed by atoms with Crippen LogP contribution < -0.4 is 10.6 Å². The van der Waals surface area contributed by atoms with Gasteiger partial charge in [-0.25, -0.2) is 0 Å². The quantitative estimate of drug-likeness (QED) is 0.860. The fraction of sp³-hybridized carbons (Fsp3) is 0.533. The Morgan fingerprint density at radius 3 is 2.78 bits per heavy atom. The van der Waals surface area contributed by atoms with E-state index >= 15 is 0 Å².